The Morgan fingerprint density at radius 3 is 2.35 bits per heavy atom. The summed E-state index contributed by atoms with van der Waals surface area (Å²) < 4.78 is 10.2. The van der Waals surface area contributed by atoms with E-state index in [0.29, 0.717) is 28.7 Å². The lowest BCUT2D eigenvalue weighted by molar-refractivity contribution is -0.140. The van der Waals surface area contributed by atoms with Crippen molar-refractivity contribution in [3.63, 3.8) is 0 Å². The highest BCUT2D eigenvalue weighted by atomic mass is 32.2. The largest absolute Gasteiger partial charge is 0.497 e. The van der Waals surface area contributed by atoms with Gasteiger partial charge in [0.25, 0.3) is 5.91 Å². The first-order chi connectivity index (χ1) is 9.56. The molecule has 0 saturated carbocycles. The molecule has 1 aliphatic rings. The van der Waals surface area contributed by atoms with Gasteiger partial charge < -0.3 is 19.5 Å². The van der Waals surface area contributed by atoms with Gasteiger partial charge in [-0.2, -0.15) is 0 Å². The minimum atomic E-state index is -0.988. The molecule has 0 radical (unpaired) electrons. The molecule has 0 spiro atoms. The number of methoxy groups -OCH3 is 2. The summed E-state index contributed by atoms with van der Waals surface area (Å²) in [4.78, 5) is 24.9. The van der Waals surface area contributed by atoms with Gasteiger partial charge >= 0.3 is 5.97 Å². The third-order valence-corrected chi connectivity index (χ3v) is 4.04. The number of carboxylic acids is 1. The topological polar surface area (TPSA) is 76.1 Å². The summed E-state index contributed by atoms with van der Waals surface area (Å²) >= 11 is 1.42. The number of benzene rings is 1. The second-order valence-corrected chi connectivity index (χ2v) is 5.23. The molecular formula is C13H15NO5S. The fourth-order valence-corrected chi connectivity index (χ4v) is 3.09. The summed E-state index contributed by atoms with van der Waals surface area (Å²) in [6, 6.07) is 4.02. The highest BCUT2D eigenvalue weighted by Crippen LogP contribution is 2.27. The van der Waals surface area contributed by atoms with Crippen LogP contribution in [0, 0.1) is 0 Å². The van der Waals surface area contributed by atoms with Crippen LogP contribution < -0.4 is 9.47 Å². The van der Waals surface area contributed by atoms with Crippen LogP contribution in [0.3, 0.4) is 0 Å². The molecule has 1 amide bonds. The Bertz CT molecular complexity index is 511. The van der Waals surface area contributed by atoms with Gasteiger partial charge in [0.15, 0.2) is 0 Å². The van der Waals surface area contributed by atoms with Crippen LogP contribution in [0.1, 0.15) is 10.4 Å². The summed E-state index contributed by atoms with van der Waals surface area (Å²) in [7, 11) is 2.99. The molecule has 1 fully saturated rings. The third kappa shape index (κ3) is 2.82. The van der Waals surface area contributed by atoms with Crippen molar-refractivity contribution in [3.8, 4) is 11.5 Å². The zero-order chi connectivity index (χ0) is 14.7. The van der Waals surface area contributed by atoms with Gasteiger partial charge in [-0.25, -0.2) is 4.79 Å². The lowest BCUT2D eigenvalue weighted by Gasteiger charge is -2.21. The number of thioether (sulfide) groups is 1. The van der Waals surface area contributed by atoms with Gasteiger partial charge in [-0.15, -0.1) is 11.8 Å². The van der Waals surface area contributed by atoms with Crippen LogP contribution >= 0.6 is 11.8 Å². The third-order valence-electron chi connectivity index (χ3n) is 3.03. The van der Waals surface area contributed by atoms with Gasteiger partial charge in [-0.3, -0.25) is 4.79 Å². The van der Waals surface area contributed by atoms with Crippen molar-refractivity contribution in [3.05, 3.63) is 23.8 Å². The Balaban J connectivity index is 2.30. The SMILES string of the molecule is COc1cc(OC)cc(C(=O)N2CSC[C@H]2C(=O)O)c1. The maximum absolute atomic E-state index is 12.4. The van der Waals surface area contributed by atoms with Crippen molar-refractivity contribution >= 4 is 23.6 Å². The molecule has 6 nitrogen and oxygen atoms in total. The van der Waals surface area contributed by atoms with Crippen molar-refractivity contribution in [1.29, 1.82) is 0 Å². The maximum atomic E-state index is 12.4. The summed E-state index contributed by atoms with van der Waals surface area (Å²) in [6.45, 7) is 0. The van der Waals surface area contributed by atoms with Gasteiger partial charge in [0.1, 0.15) is 17.5 Å². The van der Waals surface area contributed by atoms with E-state index in [4.69, 9.17) is 14.6 Å². The van der Waals surface area contributed by atoms with E-state index in [1.165, 1.54) is 30.9 Å². The number of rotatable bonds is 4. The smallest absolute Gasteiger partial charge is 0.327 e. The number of nitrogens with zero attached hydrogens (tertiary/aromatic N) is 1. The van der Waals surface area contributed by atoms with E-state index < -0.39 is 12.0 Å². The number of hydrogen-bond donors (Lipinski definition) is 1. The number of ether oxygens (including phenoxy) is 2. The molecule has 7 heteroatoms. The van der Waals surface area contributed by atoms with E-state index in [2.05, 4.69) is 0 Å². The summed E-state index contributed by atoms with van der Waals surface area (Å²) in [5.41, 5.74) is 0.356. The van der Waals surface area contributed by atoms with Gasteiger partial charge in [0.05, 0.1) is 20.1 Å². The Morgan fingerprint density at radius 2 is 1.85 bits per heavy atom. The average Bonchev–Trinajstić information content (AvgIpc) is 2.95. The lowest BCUT2D eigenvalue weighted by atomic mass is 10.1. The zero-order valence-corrected chi connectivity index (χ0v) is 12.0. The number of carbonyl (C=O) groups is 2. The van der Waals surface area contributed by atoms with Crippen LogP contribution in [0.5, 0.6) is 11.5 Å². The first-order valence-electron chi connectivity index (χ1n) is 5.91. The molecule has 0 bridgehead atoms. The van der Waals surface area contributed by atoms with E-state index in [-0.39, 0.29) is 5.91 Å². The summed E-state index contributed by atoms with van der Waals surface area (Å²) in [5.74, 6) is 0.438. The van der Waals surface area contributed by atoms with Crippen LogP contribution in [0.15, 0.2) is 18.2 Å². The molecule has 0 unspecified atom stereocenters. The van der Waals surface area contributed by atoms with E-state index in [1.807, 2.05) is 0 Å². The molecule has 1 aromatic rings. The molecular weight excluding hydrogens is 282 g/mol. The fraction of sp³-hybridized carbons (Fsp3) is 0.385. The average molecular weight is 297 g/mol. The van der Waals surface area contributed by atoms with E-state index in [1.54, 1.807) is 18.2 Å². The second kappa shape index (κ2) is 6.04. The Kier molecular flexibility index (Phi) is 4.39. The quantitative estimate of drug-likeness (QED) is 0.903. The summed E-state index contributed by atoms with van der Waals surface area (Å²) in [6.07, 6.45) is 0. The first kappa shape index (κ1) is 14.5. The molecule has 2 rings (SSSR count). The molecule has 1 heterocycles. The fourth-order valence-electron chi connectivity index (χ4n) is 1.94. The molecule has 1 aliphatic heterocycles. The Morgan fingerprint density at radius 1 is 1.25 bits per heavy atom. The van der Waals surface area contributed by atoms with Gasteiger partial charge in [0, 0.05) is 17.4 Å². The van der Waals surface area contributed by atoms with Crippen LogP contribution in [-0.4, -0.2) is 53.8 Å². The number of amides is 1. The van der Waals surface area contributed by atoms with E-state index in [9.17, 15) is 9.59 Å². The second-order valence-electron chi connectivity index (χ2n) is 4.23. The highest BCUT2D eigenvalue weighted by Gasteiger charge is 2.35. The monoisotopic (exact) mass is 297 g/mol. The van der Waals surface area contributed by atoms with Crippen LogP contribution in [0.4, 0.5) is 0 Å². The molecule has 0 aliphatic carbocycles. The molecule has 1 saturated heterocycles. The standard InChI is InChI=1S/C13H15NO5S/c1-18-9-3-8(4-10(5-9)19-2)12(15)14-7-20-6-11(14)13(16)17/h3-5,11H,6-7H2,1-2H3,(H,16,17)/t11-/m0/s1. The first-order valence-corrected chi connectivity index (χ1v) is 7.07. The van der Waals surface area contributed by atoms with E-state index in [0.717, 1.165) is 0 Å². The van der Waals surface area contributed by atoms with Crippen molar-refractivity contribution in [2.24, 2.45) is 0 Å². The number of aliphatic carboxylic acids is 1. The van der Waals surface area contributed by atoms with Crippen molar-refractivity contribution in [1.82, 2.24) is 4.90 Å². The maximum Gasteiger partial charge on any atom is 0.327 e. The molecule has 0 aromatic heterocycles. The van der Waals surface area contributed by atoms with Crippen molar-refractivity contribution < 1.29 is 24.2 Å². The molecule has 1 aromatic carbocycles. The van der Waals surface area contributed by atoms with Crippen LogP contribution in [0.2, 0.25) is 0 Å². The number of carboxylic acid groups (broad SMARTS) is 1. The van der Waals surface area contributed by atoms with Gasteiger partial charge in [-0.05, 0) is 12.1 Å². The van der Waals surface area contributed by atoms with Gasteiger partial charge in [0.2, 0.25) is 0 Å². The number of hydrogen-bond acceptors (Lipinski definition) is 5. The zero-order valence-electron chi connectivity index (χ0n) is 11.2. The highest BCUT2D eigenvalue weighted by molar-refractivity contribution is 7.99. The van der Waals surface area contributed by atoms with Gasteiger partial charge in [-0.1, -0.05) is 0 Å². The summed E-state index contributed by atoms with van der Waals surface area (Å²) in [5, 5.41) is 9.12. The van der Waals surface area contributed by atoms with Crippen molar-refractivity contribution in [2.45, 2.75) is 6.04 Å². The predicted molar refractivity (Wildman–Crippen MR) is 74.5 cm³/mol. The number of carbonyl (C=O) groups excluding carboxylic acids is 1. The minimum absolute atomic E-state index is 0.334. The predicted octanol–water partition coefficient (Wildman–Crippen LogP) is 1.30. The van der Waals surface area contributed by atoms with Crippen LogP contribution in [0.25, 0.3) is 0 Å². The molecule has 108 valence electrons. The molecule has 1 atom stereocenters. The lowest BCUT2D eigenvalue weighted by Crippen LogP contribution is -2.41. The minimum Gasteiger partial charge on any atom is -0.497 e. The normalized spacial score (nSPS) is 17.9. The Labute approximate surface area is 120 Å². The van der Waals surface area contributed by atoms with E-state index >= 15 is 0 Å². The van der Waals surface area contributed by atoms with Crippen molar-refractivity contribution in [2.75, 3.05) is 25.8 Å². The van der Waals surface area contributed by atoms with Crippen LogP contribution in [-0.2, 0) is 4.79 Å². The molecule has 20 heavy (non-hydrogen) atoms. The Hall–Kier alpha value is -1.89. The molecule has 1 N–H and O–H groups in total.